The molecule has 5 aromatic heterocycles. The highest BCUT2D eigenvalue weighted by atomic mass is 32.1. The molecule has 0 atom stereocenters. The van der Waals surface area contributed by atoms with Gasteiger partial charge in [-0.05, 0) is 77.8 Å². The van der Waals surface area contributed by atoms with Gasteiger partial charge in [-0.25, -0.2) is 19.9 Å². The standard InChI is InChI=1S/2C8H13NS.C7H11NS.2C6H10N2S/c2*1-5(2)8-6(3)9-7(4)10-8;1-5(2)7-4-8-6(3)9-7;1-4(2)6-8-7-5(3)9-6;1-4(2)6-7-5(3)8-9-6/h2*5H,1-4H3;4-5H,1-3H3;2*4H,1-3H3. The van der Waals surface area contributed by atoms with Gasteiger partial charge in [0.1, 0.15) is 20.8 Å². The molecule has 0 unspecified atom stereocenters. The summed E-state index contributed by atoms with van der Waals surface area (Å²) >= 11 is 8.58. The van der Waals surface area contributed by atoms with Crippen LogP contribution in [0.2, 0.25) is 0 Å². The van der Waals surface area contributed by atoms with Crippen molar-refractivity contribution in [3.8, 4) is 0 Å². The van der Waals surface area contributed by atoms with E-state index in [1.165, 1.54) is 52.6 Å². The van der Waals surface area contributed by atoms with E-state index in [-0.39, 0.29) is 0 Å². The topological polar surface area (TPSA) is 90.2 Å². The summed E-state index contributed by atoms with van der Waals surface area (Å²) < 4.78 is 4.07. The van der Waals surface area contributed by atoms with Crippen molar-refractivity contribution in [2.24, 2.45) is 0 Å². The van der Waals surface area contributed by atoms with Crippen LogP contribution in [0.5, 0.6) is 0 Å². The van der Waals surface area contributed by atoms with Gasteiger partial charge in [0.25, 0.3) is 0 Å². The Kier molecular flexibility index (Phi) is 19.4. The first kappa shape index (κ1) is 43.0. The molecule has 12 heteroatoms. The zero-order chi connectivity index (χ0) is 36.0. The van der Waals surface area contributed by atoms with Gasteiger partial charge in [-0.15, -0.1) is 55.5 Å². The molecule has 0 saturated heterocycles. The Balaban J connectivity index is 0.000000294. The number of hydrogen-bond acceptors (Lipinski definition) is 12. The summed E-state index contributed by atoms with van der Waals surface area (Å²) in [7, 11) is 0. The van der Waals surface area contributed by atoms with E-state index in [1.807, 2.05) is 49.6 Å². The molecule has 7 nitrogen and oxygen atoms in total. The fourth-order valence-electron chi connectivity index (χ4n) is 3.90. The van der Waals surface area contributed by atoms with Gasteiger partial charge in [-0.2, -0.15) is 4.37 Å². The van der Waals surface area contributed by atoms with Crippen LogP contribution in [0, 0.1) is 48.5 Å². The Morgan fingerprint density at radius 1 is 0.468 bits per heavy atom. The van der Waals surface area contributed by atoms with Crippen molar-refractivity contribution in [1.29, 1.82) is 0 Å². The maximum absolute atomic E-state index is 4.35. The molecule has 5 aromatic rings. The molecular formula is C35H57N7S5. The summed E-state index contributed by atoms with van der Waals surface area (Å²) in [5.74, 6) is 3.84. The second kappa shape index (κ2) is 21.2. The summed E-state index contributed by atoms with van der Waals surface area (Å²) in [4.78, 5) is 21.3. The van der Waals surface area contributed by atoms with E-state index >= 15 is 0 Å². The van der Waals surface area contributed by atoms with Crippen molar-refractivity contribution < 1.29 is 0 Å². The molecule has 0 aliphatic carbocycles. The predicted octanol–water partition coefficient (Wildman–Crippen LogP) is 12.3. The molecule has 5 rings (SSSR count). The van der Waals surface area contributed by atoms with Crippen molar-refractivity contribution in [1.82, 2.24) is 34.5 Å². The minimum Gasteiger partial charge on any atom is -0.250 e. The highest BCUT2D eigenvalue weighted by molar-refractivity contribution is 7.12. The highest BCUT2D eigenvalue weighted by Crippen LogP contribution is 2.26. The van der Waals surface area contributed by atoms with Crippen LogP contribution in [-0.4, -0.2) is 34.5 Å². The molecule has 0 radical (unpaired) electrons. The first-order chi connectivity index (χ1) is 21.8. The van der Waals surface area contributed by atoms with Crippen molar-refractivity contribution in [3.05, 3.63) is 68.1 Å². The Labute approximate surface area is 305 Å². The lowest BCUT2D eigenvalue weighted by atomic mass is 10.1. The van der Waals surface area contributed by atoms with Crippen LogP contribution < -0.4 is 0 Å². The van der Waals surface area contributed by atoms with E-state index in [4.69, 9.17) is 0 Å². The quantitative estimate of drug-likeness (QED) is 0.177. The second-order valence-corrected chi connectivity index (χ2v) is 18.5. The number of aromatic nitrogens is 7. The van der Waals surface area contributed by atoms with Gasteiger partial charge in [0.15, 0.2) is 0 Å². The third-order valence-corrected chi connectivity index (χ3v) is 12.4. The molecule has 47 heavy (non-hydrogen) atoms. The van der Waals surface area contributed by atoms with Crippen molar-refractivity contribution in [2.45, 2.75) is 147 Å². The van der Waals surface area contributed by atoms with Crippen molar-refractivity contribution >= 4 is 56.9 Å². The zero-order valence-corrected chi connectivity index (χ0v) is 35.7. The number of nitrogens with zero attached hydrogens (tertiary/aromatic N) is 7. The average Bonchev–Trinajstić information content (AvgIpc) is 3.79. The van der Waals surface area contributed by atoms with Crippen molar-refractivity contribution in [3.63, 3.8) is 0 Å². The minimum atomic E-state index is 0.524. The molecule has 5 heterocycles. The fraction of sp³-hybridized carbons (Fsp3) is 0.629. The SMILES string of the molecule is Cc1nc(C)c(C(C)C)s1.Cc1nc(C)c(C(C)C)s1.Cc1ncc(C(C)C)s1.Cc1nnc(C(C)C)s1.Cc1nsc(C(C)C)n1. The van der Waals surface area contributed by atoms with Crippen LogP contribution in [0.25, 0.3) is 0 Å². The maximum atomic E-state index is 4.35. The van der Waals surface area contributed by atoms with Gasteiger partial charge in [0.2, 0.25) is 0 Å². The summed E-state index contributed by atoms with van der Waals surface area (Å²) in [6.07, 6.45) is 1.96. The van der Waals surface area contributed by atoms with Gasteiger partial charge in [-0.3, -0.25) is 0 Å². The van der Waals surface area contributed by atoms with Crippen molar-refractivity contribution in [2.75, 3.05) is 0 Å². The van der Waals surface area contributed by atoms with E-state index in [0.717, 1.165) is 20.8 Å². The minimum absolute atomic E-state index is 0.524. The van der Waals surface area contributed by atoms with Gasteiger partial charge in [0, 0.05) is 32.7 Å². The first-order valence-electron chi connectivity index (χ1n) is 16.2. The van der Waals surface area contributed by atoms with E-state index in [2.05, 4.69) is 131 Å². The van der Waals surface area contributed by atoms with Crippen LogP contribution in [0.1, 0.15) is 161 Å². The molecule has 0 N–H and O–H groups in total. The lowest BCUT2D eigenvalue weighted by molar-refractivity contribution is 0.822. The van der Waals surface area contributed by atoms with E-state index in [9.17, 15) is 0 Å². The highest BCUT2D eigenvalue weighted by Gasteiger charge is 2.08. The van der Waals surface area contributed by atoms with Gasteiger partial charge < -0.3 is 0 Å². The summed E-state index contributed by atoms with van der Waals surface area (Å²) in [6, 6.07) is 0. The fourth-order valence-corrected chi connectivity index (χ4v) is 7.90. The summed E-state index contributed by atoms with van der Waals surface area (Å²) in [5.41, 5.74) is 2.41. The average molecular weight is 736 g/mol. The number of rotatable bonds is 5. The molecular weight excluding hydrogens is 679 g/mol. The molecule has 262 valence electrons. The Morgan fingerprint density at radius 3 is 1.13 bits per heavy atom. The predicted molar refractivity (Wildman–Crippen MR) is 210 cm³/mol. The number of thiazole rings is 3. The Morgan fingerprint density at radius 2 is 0.957 bits per heavy atom. The van der Waals surface area contributed by atoms with Crippen LogP contribution in [0.3, 0.4) is 0 Å². The molecule has 0 bridgehead atoms. The number of hydrogen-bond donors (Lipinski definition) is 0. The van der Waals surface area contributed by atoms with Gasteiger partial charge in [0.05, 0.1) is 26.4 Å². The third kappa shape index (κ3) is 16.3. The smallest absolute Gasteiger partial charge is 0.139 e. The molecule has 0 fully saturated rings. The summed E-state index contributed by atoms with van der Waals surface area (Å²) in [6.45, 7) is 35.9. The lowest BCUT2D eigenvalue weighted by Gasteiger charge is -1.98. The van der Waals surface area contributed by atoms with Crippen LogP contribution in [-0.2, 0) is 0 Å². The molecule has 0 amide bonds. The molecule has 0 aliphatic heterocycles. The van der Waals surface area contributed by atoms with Gasteiger partial charge in [-0.1, -0.05) is 69.2 Å². The molecule has 0 spiro atoms. The van der Waals surface area contributed by atoms with Crippen LogP contribution >= 0.6 is 56.9 Å². The normalized spacial score (nSPS) is 10.8. The van der Waals surface area contributed by atoms with Crippen LogP contribution in [0.15, 0.2) is 6.20 Å². The second-order valence-electron chi connectivity index (χ2n) is 12.8. The zero-order valence-electron chi connectivity index (χ0n) is 31.6. The lowest BCUT2D eigenvalue weighted by Crippen LogP contribution is -1.84. The van der Waals surface area contributed by atoms with Crippen LogP contribution in [0.4, 0.5) is 0 Å². The Hall–Kier alpha value is -1.99. The van der Waals surface area contributed by atoms with E-state index < -0.39 is 0 Å². The van der Waals surface area contributed by atoms with Gasteiger partial charge >= 0.3 is 0 Å². The Bertz CT molecular complexity index is 1410. The van der Waals surface area contributed by atoms with E-state index in [0.29, 0.717) is 29.6 Å². The maximum Gasteiger partial charge on any atom is 0.139 e. The van der Waals surface area contributed by atoms with E-state index in [1.54, 1.807) is 22.7 Å². The third-order valence-electron chi connectivity index (χ3n) is 6.21. The molecule has 0 aliphatic rings. The monoisotopic (exact) mass is 735 g/mol. The molecule has 0 aromatic carbocycles. The summed E-state index contributed by atoms with van der Waals surface area (Å²) in [5, 5.41) is 14.7. The first-order valence-corrected chi connectivity index (χ1v) is 20.3. The molecule has 0 saturated carbocycles. The number of aryl methyl sites for hydroxylation is 7. The largest absolute Gasteiger partial charge is 0.250 e.